The van der Waals surface area contributed by atoms with Gasteiger partial charge in [-0.05, 0) is 64.4 Å². The molecule has 3 atom stereocenters. The molecule has 1 unspecified atom stereocenters. The Kier molecular flexibility index (Phi) is 5.57. The van der Waals surface area contributed by atoms with Crippen LogP contribution < -0.4 is 5.43 Å². The molecule has 1 saturated carbocycles. The van der Waals surface area contributed by atoms with Crippen LogP contribution in [0.2, 0.25) is 0 Å². The molecule has 3 rings (SSSR count). The SMILES string of the molecule is CCCCC[13C]1=[13CH][13C]2=[13C]([C@@H]3CC(=NNC)CC[C@H]3C(C)(C)O2)[13CH](O)[13CH2]1. The van der Waals surface area contributed by atoms with Crippen molar-refractivity contribution in [2.45, 2.75) is 83.8 Å². The first-order chi connectivity index (χ1) is 12.0. The fourth-order valence-corrected chi connectivity index (χ4v) is 4.94. The summed E-state index contributed by atoms with van der Waals surface area (Å²) >= 11 is 0. The average molecular weight is 352 g/mol. The molecule has 140 valence electrons. The molecule has 0 saturated heterocycles. The summed E-state index contributed by atoms with van der Waals surface area (Å²) in [4.78, 5) is 0. The topological polar surface area (TPSA) is 53.9 Å². The molecule has 3 aliphatic rings. The van der Waals surface area contributed by atoms with Crippen LogP contribution in [-0.2, 0) is 4.74 Å². The number of hydrogen-bond donors (Lipinski definition) is 2. The van der Waals surface area contributed by atoms with Gasteiger partial charge >= 0.3 is 0 Å². The van der Waals surface area contributed by atoms with Gasteiger partial charge in [0.05, 0.1) is 6.10 Å². The molecule has 0 aromatic rings. The summed E-state index contributed by atoms with van der Waals surface area (Å²) in [5.41, 5.74) is 6.45. The molecule has 1 aliphatic heterocycles. The number of aliphatic hydroxyl groups excluding tert-OH is 1. The van der Waals surface area contributed by atoms with Crippen LogP contribution in [0.5, 0.6) is 0 Å². The number of hydrazone groups is 1. The predicted molar refractivity (Wildman–Crippen MR) is 102 cm³/mol. The van der Waals surface area contributed by atoms with Gasteiger partial charge in [-0.1, -0.05) is 25.3 Å². The molecule has 4 nitrogen and oxygen atoms in total. The lowest BCUT2D eigenvalue weighted by Gasteiger charge is -2.50. The summed E-state index contributed by atoms with van der Waals surface area (Å²) in [6.45, 7) is 6.64. The minimum Gasteiger partial charge on any atom is -0.487 e. The van der Waals surface area contributed by atoms with Crippen molar-refractivity contribution in [3.63, 3.8) is 0 Å². The molecular formula is C21H34N2O2. The van der Waals surface area contributed by atoms with Gasteiger partial charge in [0.2, 0.25) is 0 Å². The van der Waals surface area contributed by atoms with Crippen LogP contribution in [-0.4, -0.2) is 29.6 Å². The van der Waals surface area contributed by atoms with E-state index in [0.717, 1.165) is 43.4 Å². The van der Waals surface area contributed by atoms with Crippen LogP contribution in [0.3, 0.4) is 0 Å². The molecule has 0 radical (unpaired) electrons. The second-order valence-electron chi connectivity index (χ2n) is 8.36. The van der Waals surface area contributed by atoms with E-state index >= 15 is 0 Å². The minimum atomic E-state index is -0.394. The van der Waals surface area contributed by atoms with Crippen LogP contribution in [0.4, 0.5) is 0 Å². The Morgan fingerprint density at radius 1 is 1.32 bits per heavy atom. The van der Waals surface area contributed by atoms with Crippen LogP contribution >= 0.6 is 0 Å². The average Bonchev–Trinajstić information content (AvgIpc) is 2.54. The lowest BCUT2D eigenvalue weighted by atomic mass is 9.72. The van der Waals surface area contributed by atoms with Crippen molar-refractivity contribution in [1.29, 1.82) is 0 Å². The first-order valence-corrected chi connectivity index (χ1v) is 9.99. The van der Waals surface area contributed by atoms with Gasteiger partial charge in [0.15, 0.2) is 0 Å². The van der Waals surface area contributed by atoms with Gasteiger partial charge in [-0.2, -0.15) is 5.10 Å². The van der Waals surface area contributed by atoms with Gasteiger partial charge in [0.25, 0.3) is 0 Å². The number of nitrogens with zero attached hydrogens (tertiary/aromatic N) is 1. The van der Waals surface area contributed by atoms with Crippen molar-refractivity contribution in [2.75, 3.05) is 7.05 Å². The second-order valence-corrected chi connectivity index (χ2v) is 8.36. The monoisotopic (exact) mass is 352 g/mol. The third-order valence-electron chi connectivity index (χ3n) is 6.16. The number of ether oxygens (including phenoxy) is 1. The highest BCUT2D eigenvalue weighted by molar-refractivity contribution is 5.85. The normalized spacial score (nSPS) is 32.6. The summed E-state index contributed by atoms with van der Waals surface area (Å²) in [5.74, 6) is 1.75. The first-order valence-electron chi connectivity index (χ1n) is 9.99. The maximum Gasteiger partial charge on any atom is 0.122 e. The van der Waals surface area contributed by atoms with Crippen LogP contribution in [0, 0.1) is 11.8 Å². The fourth-order valence-electron chi connectivity index (χ4n) is 4.94. The molecule has 0 bridgehead atoms. The number of nitrogens with one attached hydrogen (secondary N) is 1. The highest BCUT2D eigenvalue weighted by Gasteiger charge is 2.48. The Hall–Kier alpha value is -1.29. The summed E-state index contributed by atoms with van der Waals surface area (Å²) < 4.78 is 6.44. The molecule has 1 heterocycles. The number of allylic oxidation sites excluding steroid dienone is 1. The fraction of sp³-hybridized carbons (Fsp3) is 0.762. The van der Waals surface area contributed by atoms with Crippen molar-refractivity contribution >= 4 is 5.71 Å². The Morgan fingerprint density at radius 2 is 2.12 bits per heavy atom. The van der Waals surface area contributed by atoms with Gasteiger partial charge in [0, 0.05) is 24.3 Å². The van der Waals surface area contributed by atoms with Gasteiger partial charge in [-0.25, -0.2) is 0 Å². The summed E-state index contributed by atoms with van der Waals surface area (Å²) in [5, 5.41) is 15.4. The lowest BCUT2D eigenvalue weighted by molar-refractivity contribution is -0.0632. The van der Waals surface area contributed by atoms with E-state index in [9.17, 15) is 5.11 Å². The zero-order valence-corrected chi connectivity index (χ0v) is 16.3. The zero-order valence-electron chi connectivity index (χ0n) is 16.3. The van der Waals surface area contributed by atoms with E-state index in [-0.39, 0.29) is 5.60 Å². The van der Waals surface area contributed by atoms with E-state index < -0.39 is 6.10 Å². The van der Waals surface area contributed by atoms with Crippen molar-refractivity contribution < 1.29 is 9.84 Å². The number of rotatable bonds is 5. The number of fused-ring (bicyclic) bond motifs is 2. The van der Waals surface area contributed by atoms with Crippen molar-refractivity contribution in [3.8, 4) is 0 Å². The van der Waals surface area contributed by atoms with E-state index in [0.29, 0.717) is 11.8 Å². The molecule has 0 aromatic carbocycles. The van der Waals surface area contributed by atoms with Crippen molar-refractivity contribution in [3.05, 3.63) is 23.0 Å². The van der Waals surface area contributed by atoms with E-state index in [4.69, 9.17) is 4.74 Å². The van der Waals surface area contributed by atoms with E-state index in [2.05, 4.69) is 37.4 Å². The molecular weight excluding hydrogens is 318 g/mol. The molecule has 0 aromatic heterocycles. The smallest absolute Gasteiger partial charge is 0.122 e. The van der Waals surface area contributed by atoms with E-state index in [1.54, 1.807) is 0 Å². The van der Waals surface area contributed by atoms with E-state index in [1.807, 2.05) is 7.05 Å². The highest BCUT2D eigenvalue weighted by Crippen LogP contribution is 2.50. The number of hydrogen-bond acceptors (Lipinski definition) is 4. The summed E-state index contributed by atoms with van der Waals surface area (Å²) in [6.07, 6.45) is 10.4. The Labute approximate surface area is 152 Å². The van der Waals surface area contributed by atoms with Crippen LogP contribution in [0.15, 0.2) is 28.1 Å². The first kappa shape index (κ1) is 18.5. The quantitative estimate of drug-likeness (QED) is 0.440. The third-order valence-corrected chi connectivity index (χ3v) is 6.16. The summed E-state index contributed by atoms with van der Waals surface area (Å²) in [6, 6.07) is 0. The third kappa shape index (κ3) is 3.79. The molecule has 0 spiro atoms. The Balaban J connectivity index is 1.89. The molecule has 0 amide bonds. The van der Waals surface area contributed by atoms with Gasteiger partial charge in [0.1, 0.15) is 11.4 Å². The Bertz CT molecular complexity index is 589. The molecule has 1 fully saturated rings. The summed E-state index contributed by atoms with van der Waals surface area (Å²) in [7, 11) is 1.86. The van der Waals surface area contributed by atoms with Gasteiger partial charge in [-0.3, -0.25) is 0 Å². The predicted octanol–water partition coefficient (Wildman–Crippen LogP) is 4.31. The molecule has 25 heavy (non-hydrogen) atoms. The van der Waals surface area contributed by atoms with Crippen LogP contribution in [0.1, 0.15) is 72.1 Å². The van der Waals surface area contributed by atoms with E-state index in [1.165, 1.54) is 30.5 Å². The number of aliphatic hydroxyl groups is 1. The zero-order chi connectivity index (χ0) is 18.0. The van der Waals surface area contributed by atoms with Gasteiger partial charge in [-0.15, -0.1) is 0 Å². The molecule has 2 N–H and O–H groups in total. The maximum atomic E-state index is 10.9. The molecule has 2 aliphatic carbocycles. The van der Waals surface area contributed by atoms with Crippen molar-refractivity contribution in [2.24, 2.45) is 16.9 Å². The largest absolute Gasteiger partial charge is 0.487 e. The van der Waals surface area contributed by atoms with Crippen LogP contribution in [0.25, 0.3) is 0 Å². The molecule has 4 heteroatoms. The van der Waals surface area contributed by atoms with Crippen molar-refractivity contribution in [1.82, 2.24) is 5.43 Å². The number of unbranched alkanes of at least 4 members (excludes halogenated alkanes) is 2. The second kappa shape index (κ2) is 7.53. The highest BCUT2D eigenvalue weighted by atomic mass is 16.6. The van der Waals surface area contributed by atoms with Gasteiger partial charge < -0.3 is 15.3 Å². The maximum absolute atomic E-state index is 10.9. The minimum absolute atomic E-state index is 0.184. The lowest BCUT2D eigenvalue weighted by Crippen LogP contribution is -2.49. The Morgan fingerprint density at radius 3 is 2.84 bits per heavy atom. The standard InChI is InChI=1S/C21H34N2O2/c1-5-6-7-8-14-11-18(24)20-16-13-15(23-22-4)9-10-17(16)21(2,3)25-19(20)12-14/h12,16-18,22,24H,5-11,13H2,1-4H3/t16-,17-,18?/m1/s1/i11+1,12+1,14+1,18+1,19+1,20+1.